The Hall–Kier alpha value is -1.47. The normalized spacial score (nSPS) is 18.3. The quantitative estimate of drug-likeness (QED) is 0.774. The molecule has 0 saturated carbocycles. The van der Waals surface area contributed by atoms with E-state index < -0.39 is 0 Å². The van der Waals surface area contributed by atoms with Gasteiger partial charge in [-0.2, -0.15) is 0 Å². The zero-order valence-electron chi connectivity index (χ0n) is 13.8. The number of rotatable bonds is 8. The van der Waals surface area contributed by atoms with Crippen LogP contribution in [0, 0.1) is 5.92 Å². The van der Waals surface area contributed by atoms with Gasteiger partial charge in [0, 0.05) is 45.0 Å². The molecule has 1 saturated heterocycles. The topological polar surface area (TPSA) is 71.5 Å². The Morgan fingerprint density at radius 2 is 2.39 bits per heavy atom. The van der Waals surface area contributed by atoms with Gasteiger partial charge in [0.15, 0.2) is 0 Å². The van der Waals surface area contributed by atoms with E-state index in [2.05, 4.69) is 22.6 Å². The lowest BCUT2D eigenvalue weighted by molar-refractivity contribution is -0.138. The molecular formula is C16H25N3O3S. The highest BCUT2D eigenvalue weighted by molar-refractivity contribution is 7.09. The number of ether oxygens (including phenoxy) is 1. The first-order valence-electron chi connectivity index (χ1n) is 8.11. The van der Waals surface area contributed by atoms with E-state index in [-0.39, 0.29) is 17.7 Å². The van der Waals surface area contributed by atoms with Crippen molar-refractivity contribution < 1.29 is 14.3 Å². The second-order valence-corrected chi connectivity index (χ2v) is 6.64. The van der Waals surface area contributed by atoms with Crippen LogP contribution in [0.5, 0.6) is 0 Å². The molecule has 1 N–H and O–H groups in total. The zero-order valence-corrected chi connectivity index (χ0v) is 14.7. The number of aromatic nitrogens is 1. The predicted molar refractivity (Wildman–Crippen MR) is 89.4 cm³/mol. The summed E-state index contributed by atoms with van der Waals surface area (Å²) in [5, 5.41) is 6.10. The molecule has 7 heteroatoms. The summed E-state index contributed by atoms with van der Waals surface area (Å²) >= 11 is 1.64. The SMILES string of the molecule is CCc1csc(CCNC(=O)[C@@H]2CCC(=O)N(CCOC)C2)n1. The molecule has 1 aromatic heterocycles. The minimum Gasteiger partial charge on any atom is -0.383 e. The first-order chi connectivity index (χ1) is 11.1. The van der Waals surface area contributed by atoms with Crippen LogP contribution in [0.1, 0.15) is 30.5 Å². The molecular weight excluding hydrogens is 314 g/mol. The lowest BCUT2D eigenvalue weighted by atomic mass is 9.96. The van der Waals surface area contributed by atoms with Crippen LogP contribution >= 0.6 is 11.3 Å². The first-order valence-corrected chi connectivity index (χ1v) is 8.99. The Morgan fingerprint density at radius 3 is 3.09 bits per heavy atom. The van der Waals surface area contributed by atoms with E-state index in [4.69, 9.17) is 4.74 Å². The van der Waals surface area contributed by atoms with Crippen LogP contribution in [0.25, 0.3) is 0 Å². The van der Waals surface area contributed by atoms with E-state index in [1.54, 1.807) is 23.3 Å². The highest BCUT2D eigenvalue weighted by Gasteiger charge is 2.29. The molecule has 0 aromatic carbocycles. The van der Waals surface area contributed by atoms with Crippen molar-refractivity contribution in [1.82, 2.24) is 15.2 Å². The number of carbonyl (C=O) groups excluding carboxylic acids is 2. The van der Waals surface area contributed by atoms with Crippen molar-refractivity contribution in [3.8, 4) is 0 Å². The molecule has 23 heavy (non-hydrogen) atoms. The Morgan fingerprint density at radius 1 is 1.57 bits per heavy atom. The van der Waals surface area contributed by atoms with Gasteiger partial charge in [-0.25, -0.2) is 4.98 Å². The largest absolute Gasteiger partial charge is 0.383 e. The number of piperidine rings is 1. The van der Waals surface area contributed by atoms with Gasteiger partial charge < -0.3 is 15.0 Å². The van der Waals surface area contributed by atoms with Crippen molar-refractivity contribution in [3.63, 3.8) is 0 Å². The van der Waals surface area contributed by atoms with Crippen molar-refractivity contribution in [2.75, 3.05) is 33.4 Å². The zero-order chi connectivity index (χ0) is 16.7. The number of hydrogen-bond donors (Lipinski definition) is 1. The molecule has 1 aromatic rings. The van der Waals surface area contributed by atoms with Gasteiger partial charge in [-0.05, 0) is 12.8 Å². The van der Waals surface area contributed by atoms with Crippen molar-refractivity contribution in [1.29, 1.82) is 0 Å². The van der Waals surface area contributed by atoms with Crippen molar-refractivity contribution in [3.05, 3.63) is 16.1 Å². The lowest BCUT2D eigenvalue weighted by Crippen LogP contribution is -2.47. The van der Waals surface area contributed by atoms with Crippen LogP contribution in [-0.2, 0) is 27.2 Å². The molecule has 0 spiro atoms. The van der Waals surface area contributed by atoms with Crippen LogP contribution in [-0.4, -0.2) is 55.0 Å². The van der Waals surface area contributed by atoms with E-state index >= 15 is 0 Å². The fourth-order valence-corrected chi connectivity index (χ4v) is 3.49. The highest BCUT2D eigenvalue weighted by atomic mass is 32.1. The van der Waals surface area contributed by atoms with Gasteiger partial charge in [-0.15, -0.1) is 11.3 Å². The number of carbonyl (C=O) groups is 2. The van der Waals surface area contributed by atoms with Gasteiger partial charge in [-0.1, -0.05) is 6.92 Å². The Kier molecular flexibility index (Phi) is 6.98. The minimum absolute atomic E-state index is 0.0344. The van der Waals surface area contributed by atoms with Gasteiger partial charge in [-0.3, -0.25) is 9.59 Å². The summed E-state index contributed by atoms with van der Waals surface area (Å²) in [5.41, 5.74) is 1.11. The Bertz CT molecular complexity index is 532. The standard InChI is InChI=1S/C16H25N3O3S/c1-3-13-11-23-14(18-13)6-7-17-16(21)12-4-5-15(20)19(10-12)8-9-22-2/h11-12H,3-10H2,1-2H3,(H,17,21)/t12-/m1/s1. The molecule has 6 nitrogen and oxygen atoms in total. The highest BCUT2D eigenvalue weighted by Crippen LogP contribution is 2.17. The molecule has 2 amide bonds. The van der Waals surface area contributed by atoms with E-state index in [0.717, 1.165) is 23.5 Å². The average Bonchev–Trinajstić information content (AvgIpc) is 3.02. The van der Waals surface area contributed by atoms with E-state index in [0.29, 0.717) is 39.1 Å². The second kappa shape index (κ2) is 8.98. The summed E-state index contributed by atoms with van der Waals surface area (Å²) in [6.07, 6.45) is 2.77. The number of likely N-dealkylation sites (tertiary alicyclic amines) is 1. The van der Waals surface area contributed by atoms with E-state index in [1.807, 2.05) is 0 Å². The first kappa shape index (κ1) is 17.9. The van der Waals surface area contributed by atoms with Gasteiger partial charge in [0.25, 0.3) is 0 Å². The molecule has 0 aliphatic carbocycles. The number of nitrogens with zero attached hydrogens (tertiary/aromatic N) is 2. The third-order valence-corrected chi connectivity index (χ3v) is 4.99. The fourth-order valence-electron chi connectivity index (χ4n) is 2.61. The Labute approximate surface area is 141 Å². The average molecular weight is 339 g/mol. The molecule has 1 aliphatic rings. The molecule has 0 unspecified atom stereocenters. The summed E-state index contributed by atoms with van der Waals surface area (Å²) in [7, 11) is 1.61. The van der Waals surface area contributed by atoms with Crippen LogP contribution in [0.3, 0.4) is 0 Å². The molecule has 2 rings (SSSR count). The maximum atomic E-state index is 12.3. The van der Waals surface area contributed by atoms with Gasteiger partial charge in [0.2, 0.25) is 11.8 Å². The number of hydrogen-bond acceptors (Lipinski definition) is 5. The van der Waals surface area contributed by atoms with Gasteiger partial charge in [0.05, 0.1) is 23.2 Å². The number of methoxy groups -OCH3 is 1. The predicted octanol–water partition coefficient (Wildman–Crippen LogP) is 1.25. The monoisotopic (exact) mass is 339 g/mol. The Balaban J connectivity index is 1.75. The smallest absolute Gasteiger partial charge is 0.224 e. The van der Waals surface area contributed by atoms with Crippen LogP contribution in [0.2, 0.25) is 0 Å². The number of aryl methyl sites for hydroxylation is 1. The minimum atomic E-state index is -0.118. The third kappa shape index (κ3) is 5.28. The maximum absolute atomic E-state index is 12.3. The second-order valence-electron chi connectivity index (χ2n) is 5.70. The van der Waals surface area contributed by atoms with Crippen LogP contribution < -0.4 is 5.32 Å². The van der Waals surface area contributed by atoms with Gasteiger partial charge >= 0.3 is 0 Å². The van der Waals surface area contributed by atoms with Crippen molar-refractivity contribution >= 4 is 23.2 Å². The molecule has 1 atom stereocenters. The van der Waals surface area contributed by atoms with Crippen LogP contribution in [0.4, 0.5) is 0 Å². The number of amides is 2. The summed E-state index contributed by atoms with van der Waals surface area (Å²) in [5.74, 6) is 0.0280. The van der Waals surface area contributed by atoms with Crippen molar-refractivity contribution in [2.45, 2.75) is 32.6 Å². The summed E-state index contributed by atoms with van der Waals surface area (Å²) < 4.78 is 5.01. The van der Waals surface area contributed by atoms with E-state index in [9.17, 15) is 9.59 Å². The van der Waals surface area contributed by atoms with Crippen LogP contribution in [0.15, 0.2) is 5.38 Å². The summed E-state index contributed by atoms with van der Waals surface area (Å²) in [6.45, 7) is 4.23. The summed E-state index contributed by atoms with van der Waals surface area (Å²) in [4.78, 5) is 30.3. The molecule has 0 bridgehead atoms. The molecule has 2 heterocycles. The number of thiazole rings is 1. The molecule has 1 fully saturated rings. The molecule has 128 valence electrons. The van der Waals surface area contributed by atoms with E-state index in [1.165, 1.54) is 0 Å². The molecule has 1 aliphatic heterocycles. The number of nitrogens with one attached hydrogen (secondary N) is 1. The lowest BCUT2D eigenvalue weighted by Gasteiger charge is -2.31. The third-order valence-electron chi connectivity index (χ3n) is 4.04. The fraction of sp³-hybridized carbons (Fsp3) is 0.688. The van der Waals surface area contributed by atoms with Gasteiger partial charge in [0.1, 0.15) is 0 Å². The summed E-state index contributed by atoms with van der Waals surface area (Å²) in [6, 6.07) is 0. The van der Waals surface area contributed by atoms with Crippen molar-refractivity contribution in [2.24, 2.45) is 5.92 Å². The molecule has 0 radical (unpaired) electrons. The maximum Gasteiger partial charge on any atom is 0.224 e.